The van der Waals surface area contributed by atoms with Gasteiger partial charge in [0.2, 0.25) is 0 Å². The largest absolute Gasteiger partial charge is 0.493 e. The third kappa shape index (κ3) is 6.77. The smallest absolute Gasteiger partial charge is 0.348 e. The Bertz CT molecular complexity index is 896. The van der Waals surface area contributed by atoms with E-state index in [0.717, 1.165) is 30.6 Å². The first kappa shape index (κ1) is 23.7. The van der Waals surface area contributed by atoms with Gasteiger partial charge in [-0.1, -0.05) is 11.6 Å². The zero-order valence-corrected chi connectivity index (χ0v) is 18.8. The number of esters is 1. The molecule has 0 spiro atoms. The second kappa shape index (κ2) is 11.6. The highest BCUT2D eigenvalue weighted by molar-refractivity contribution is 7.13. The van der Waals surface area contributed by atoms with E-state index in [9.17, 15) is 14.7 Å². The van der Waals surface area contributed by atoms with Crippen LogP contribution in [0.4, 0.5) is 0 Å². The van der Waals surface area contributed by atoms with Gasteiger partial charge in [0.1, 0.15) is 23.0 Å². The van der Waals surface area contributed by atoms with E-state index in [1.54, 1.807) is 24.3 Å². The van der Waals surface area contributed by atoms with Crippen LogP contribution in [-0.4, -0.2) is 41.8 Å². The number of carbonyl (C=O) groups excluding carboxylic acids is 2. The van der Waals surface area contributed by atoms with Crippen molar-refractivity contribution in [3.63, 3.8) is 0 Å². The molecule has 31 heavy (non-hydrogen) atoms. The summed E-state index contributed by atoms with van der Waals surface area (Å²) in [7, 11) is 0. The summed E-state index contributed by atoms with van der Waals surface area (Å²) < 4.78 is 10.8. The average molecular weight is 467 g/mol. The number of halogens is 1. The number of rotatable bonds is 11. The quantitative estimate of drug-likeness (QED) is 0.485. The van der Waals surface area contributed by atoms with E-state index in [1.165, 1.54) is 11.3 Å². The molecule has 1 aliphatic rings. The molecule has 1 aromatic heterocycles. The molecule has 2 atom stereocenters. The number of aryl methyl sites for hydroxylation is 1. The van der Waals surface area contributed by atoms with Crippen molar-refractivity contribution < 1.29 is 29.3 Å². The number of aliphatic hydroxyl groups excluding tert-OH is 2. The molecular formula is C23H27ClO6S. The number of Topliss-reactive ketones (excluding diaryl/α,β-unsaturated/α-hetero) is 1. The number of benzene rings is 1. The van der Waals surface area contributed by atoms with Crippen molar-refractivity contribution in [3.05, 3.63) is 50.7 Å². The van der Waals surface area contributed by atoms with Crippen molar-refractivity contribution in [2.24, 2.45) is 11.8 Å². The van der Waals surface area contributed by atoms with Crippen molar-refractivity contribution in [2.45, 2.75) is 38.7 Å². The molecule has 1 saturated carbocycles. The van der Waals surface area contributed by atoms with Crippen LogP contribution >= 0.6 is 22.9 Å². The Balaban J connectivity index is 1.49. The molecule has 0 saturated heterocycles. The van der Waals surface area contributed by atoms with Gasteiger partial charge >= 0.3 is 5.97 Å². The van der Waals surface area contributed by atoms with Gasteiger partial charge in [-0.2, -0.15) is 0 Å². The molecule has 8 heteroatoms. The fraction of sp³-hybridized carbons (Fsp3) is 0.478. The second-order valence-electron chi connectivity index (χ2n) is 7.65. The molecule has 6 nitrogen and oxygen atoms in total. The highest BCUT2D eigenvalue weighted by Gasteiger charge is 2.34. The first-order chi connectivity index (χ1) is 15.0. The topological polar surface area (TPSA) is 93.1 Å². The standard InChI is InChI=1S/C23H27ClO6S/c24-17-10-15(13-26)11-18(12-17)30-14-20-16(4-6-21(20)27)2-1-3-19-5-7-22(31-19)23(28)29-9-8-25/h5,7,10-12,16,20,25-26H,1-4,6,8-9,13-14H2/t16-,20+/m0/s1. The van der Waals surface area contributed by atoms with E-state index in [4.69, 9.17) is 26.2 Å². The van der Waals surface area contributed by atoms with Gasteiger partial charge in [-0.15, -0.1) is 11.3 Å². The van der Waals surface area contributed by atoms with Crippen LogP contribution in [0.25, 0.3) is 0 Å². The van der Waals surface area contributed by atoms with Gasteiger partial charge in [-0.3, -0.25) is 4.79 Å². The highest BCUT2D eigenvalue weighted by atomic mass is 35.5. The van der Waals surface area contributed by atoms with Gasteiger partial charge in [0.15, 0.2) is 0 Å². The average Bonchev–Trinajstić information content (AvgIpc) is 3.37. The van der Waals surface area contributed by atoms with Gasteiger partial charge in [0.05, 0.1) is 25.7 Å². The fourth-order valence-corrected chi connectivity index (χ4v) is 5.09. The van der Waals surface area contributed by atoms with Crippen LogP contribution in [0.2, 0.25) is 5.02 Å². The maximum atomic E-state index is 12.4. The third-order valence-electron chi connectivity index (χ3n) is 5.47. The van der Waals surface area contributed by atoms with Crippen molar-refractivity contribution in [1.29, 1.82) is 0 Å². The Morgan fingerprint density at radius 2 is 2.06 bits per heavy atom. The number of hydrogen-bond donors (Lipinski definition) is 2. The lowest BCUT2D eigenvalue weighted by Gasteiger charge is -2.19. The van der Waals surface area contributed by atoms with E-state index in [0.29, 0.717) is 34.2 Å². The van der Waals surface area contributed by atoms with Gasteiger partial charge in [0, 0.05) is 16.3 Å². The zero-order chi connectivity index (χ0) is 22.2. The first-order valence-corrected chi connectivity index (χ1v) is 11.6. The second-order valence-corrected chi connectivity index (χ2v) is 9.26. The Hall–Kier alpha value is -1.93. The van der Waals surface area contributed by atoms with Gasteiger partial charge < -0.3 is 19.7 Å². The lowest BCUT2D eigenvalue weighted by atomic mass is 9.91. The number of aliphatic hydroxyl groups is 2. The molecule has 2 N–H and O–H groups in total. The monoisotopic (exact) mass is 466 g/mol. The minimum Gasteiger partial charge on any atom is -0.493 e. The summed E-state index contributed by atoms with van der Waals surface area (Å²) in [6.45, 7) is 0.0106. The summed E-state index contributed by atoms with van der Waals surface area (Å²) in [6, 6.07) is 8.79. The van der Waals surface area contributed by atoms with Crippen LogP contribution in [0.5, 0.6) is 5.75 Å². The number of hydrogen-bond acceptors (Lipinski definition) is 7. The van der Waals surface area contributed by atoms with Crippen LogP contribution in [0.15, 0.2) is 30.3 Å². The Labute approximate surface area is 190 Å². The predicted molar refractivity (Wildman–Crippen MR) is 119 cm³/mol. The highest BCUT2D eigenvalue weighted by Crippen LogP contribution is 2.34. The number of carbonyl (C=O) groups is 2. The molecule has 0 radical (unpaired) electrons. The van der Waals surface area contributed by atoms with E-state index in [-0.39, 0.29) is 37.4 Å². The molecular weight excluding hydrogens is 440 g/mol. The van der Waals surface area contributed by atoms with E-state index in [2.05, 4.69) is 0 Å². The summed E-state index contributed by atoms with van der Waals surface area (Å²) in [4.78, 5) is 25.9. The summed E-state index contributed by atoms with van der Waals surface area (Å²) >= 11 is 7.46. The summed E-state index contributed by atoms with van der Waals surface area (Å²) in [5, 5.41) is 18.5. The molecule has 2 aromatic rings. The molecule has 1 aromatic carbocycles. The minimum atomic E-state index is -0.408. The van der Waals surface area contributed by atoms with Crippen molar-refractivity contribution >= 4 is 34.7 Å². The summed E-state index contributed by atoms with van der Waals surface area (Å²) in [5.74, 6) is 0.532. The predicted octanol–water partition coefficient (Wildman–Crippen LogP) is 4.04. The number of ketones is 1. The Morgan fingerprint density at radius 1 is 1.23 bits per heavy atom. The molecule has 0 amide bonds. The SMILES string of the molecule is O=C(OCCO)c1ccc(CCC[C@H]2CCC(=O)[C@@H]2COc2cc(Cl)cc(CO)c2)s1. The number of thiophene rings is 1. The summed E-state index contributed by atoms with van der Waals surface area (Å²) in [5.41, 5.74) is 0.673. The van der Waals surface area contributed by atoms with Crippen LogP contribution in [0.3, 0.4) is 0 Å². The molecule has 3 rings (SSSR count). The molecule has 0 bridgehead atoms. The molecule has 0 aliphatic heterocycles. The lowest BCUT2D eigenvalue weighted by Crippen LogP contribution is -2.23. The Kier molecular flexibility index (Phi) is 8.90. The van der Waals surface area contributed by atoms with Crippen LogP contribution in [-0.2, 0) is 22.6 Å². The molecule has 1 heterocycles. The maximum Gasteiger partial charge on any atom is 0.348 e. The maximum absolute atomic E-state index is 12.4. The third-order valence-corrected chi connectivity index (χ3v) is 6.82. The van der Waals surface area contributed by atoms with E-state index >= 15 is 0 Å². The first-order valence-electron chi connectivity index (χ1n) is 10.4. The normalized spacial score (nSPS) is 18.4. The van der Waals surface area contributed by atoms with Crippen molar-refractivity contribution in [2.75, 3.05) is 19.8 Å². The fourth-order valence-electron chi connectivity index (χ4n) is 3.90. The molecule has 0 unspecified atom stereocenters. The molecule has 168 valence electrons. The lowest BCUT2D eigenvalue weighted by molar-refractivity contribution is -0.122. The molecule has 1 aliphatic carbocycles. The van der Waals surface area contributed by atoms with Crippen LogP contribution in [0.1, 0.15) is 45.8 Å². The zero-order valence-electron chi connectivity index (χ0n) is 17.2. The van der Waals surface area contributed by atoms with Crippen LogP contribution < -0.4 is 4.74 Å². The minimum absolute atomic E-state index is 0.00172. The van der Waals surface area contributed by atoms with Gasteiger partial charge in [-0.05, 0) is 67.5 Å². The summed E-state index contributed by atoms with van der Waals surface area (Å²) in [6.07, 6.45) is 4.12. The Morgan fingerprint density at radius 3 is 2.84 bits per heavy atom. The van der Waals surface area contributed by atoms with Crippen LogP contribution in [0, 0.1) is 11.8 Å². The van der Waals surface area contributed by atoms with E-state index in [1.807, 2.05) is 6.07 Å². The number of ether oxygens (including phenoxy) is 2. The van der Waals surface area contributed by atoms with Crippen molar-refractivity contribution in [1.82, 2.24) is 0 Å². The van der Waals surface area contributed by atoms with Gasteiger partial charge in [-0.25, -0.2) is 4.79 Å². The van der Waals surface area contributed by atoms with Gasteiger partial charge in [0.25, 0.3) is 0 Å². The molecule has 1 fully saturated rings. The van der Waals surface area contributed by atoms with E-state index < -0.39 is 5.97 Å². The van der Waals surface area contributed by atoms with Crippen molar-refractivity contribution in [3.8, 4) is 5.75 Å².